The van der Waals surface area contributed by atoms with E-state index in [9.17, 15) is 0 Å². The van der Waals surface area contributed by atoms with Crippen LogP contribution >= 0.6 is 0 Å². The first kappa shape index (κ1) is 14.5. The number of hydrogen-bond donors (Lipinski definition) is 1. The third-order valence-corrected chi connectivity index (χ3v) is 3.90. The summed E-state index contributed by atoms with van der Waals surface area (Å²) in [6.45, 7) is 8.22. The normalized spacial score (nSPS) is 22.4. The Labute approximate surface area is 116 Å². The third kappa shape index (κ3) is 3.78. The first-order valence-corrected chi connectivity index (χ1v) is 7.43. The molecule has 2 N–H and O–H groups in total. The summed E-state index contributed by atoms with van der Waals surface area (Å²) in [6, 6.07) is 8.63. The maximum Gasteiger partial charge on any atom is 0.0894 e. The van der Waals surface area contributed by atoms with Gasteiger partial charge in [-0.2, -0.15) is 0 Å². The SMILES string of the molecule is CCCc1cccc(C(N)C2CN(CC)CCO2)c1. The molecule has 3 heteroatoms. The van der Waals surface area contributed by atoms with Crippen molar-refractivity contribution < 1.29 is 4.74 Å². The van der Waals surface area contributed by atoms with Gasteiger partial charge in [-0.05, 0) is 24.1 Å². The zero-order valence-corrected chi connectivity index (χ0v) is 12.1. The molecule has 106 valence electrons. The second-order valence-electron chi connectivity index (χ2n) is 5.32. The van der Waals surface area contributed by atoms with Gasteiger partial charge in [0.2, 0.25) is 0 Å². The molecule has 2 unspecified atom stereocenters. The van der Waals surface area contributed by atoms with Crippen molar-refractivity contribution >= 4 is 0 Å². The van der Waals surface area contributed by atoms with E-state index >= 15 is 0 Å². The standard InChI is InChI=1S/C16H26N2O/c1-3-6-13-7-5-8-14(11-13)16(17)15-12-18(4-2)9-10-19-15/h5,7-8,11,15-16H,3-4,6,9-10,12,17H2,1-2H3. The highest BCUT2D eigenvalue weighted by molar-refractivity contribution is 5.27. The first-order valence-electron chi connectivity index (χ1n) is 7.43. The number of nitrogens with zero attached hydrogens (tertiary/aromatic N) is 1. The molecule has 3 nitrogen and oxygen atoms in total. The Balaban J connectivity index is 2.05. The quantitative estimate of drug-likeness (QED) is 0.885. The molecule has 2 rings (SSSR count). The van der Waals surface area contributed by atoms with E-state index in [0.717, 1.165) is 32.7 Å². The van der Waals surface area contributed by atoms with Crippen LogP contribution in [0.1, 0.15) is 37.4 Å². The van der Waals surface area contributed by atoms with Gasteiger partial charge in [0.15, 0.2) is 0 Å². The molecule has 0 amide bonds. The smallest absolute Gasteiger partial charge is 0.0894 e. The van der Waals surface area contributed by atoms with E-state index in [-0.39, 0.29) is 12.1 Å². The highest BCUT2D eigenvalue weighted by Gasteiger charge is 2.26. The van der Waals surface area contributed by atoms with Gasteiger partial charge >= 0.3 is 0 Å². The number of rotatable bonds is 5. The second kappa shape index (κ2) is 7.04. The van der Waals surface area contributed by atoms with E-state index in [1.165, 1.54) is 17.5 Å². The number of hydrogen-bond acceptors (Lipinski definition) is 3. The Morgan fingerprint density at radius 2 is 2.26 bits per heavy atom. The summed E-state index contributed by atoms with van der Waals surface area (Å²) in [4.78, 5) is 2.41. The molecule has 1 aliphatic rings. The van der Waals surface area contributed by atoms with Gasteiger partial charge in [0, 0.05) is 13.1 Å². The summed E-state index contributed by atoms with van der Waals surface area (Å²) >= 11 is 0. The van der Waals surface area contributed by atoms with Gasteiger partial charge in [0.1, 0.15) is 0 Å². The van der Waals surface area contributed by atoms with E-state index in [1.54, 1.807) is 0 Å². The molecular weight excluding hydrogens is 236 g/mol. The van der Waals surface area contributed by atoms with Crippen molar-refractivity contribution in [2.24, 2.45) is 5.73 Å². The van der Waals surface area contributed by atoms with Crippen molar-refractivity contribution in [2.45, 2.75) is 38.8 Å². The Kier molecular flexibility index (Phi) is 5.37. The predicted octanol–water partition coefficient (Wildman–Crippen LogP) is 2.36. The predicted molar refractivity (Wildman–Crippen MR) is 79.2 cm³/mol. The first-order chi connectivity index (χ1) is 9.24. The van der Waals surface area contributed by atoms with Crippen molar-refractivity contribution in [1.29, 1.82) is 0 Å². The van der Waals surface area contributed by atoms with Crippen LogP contribution in [-0.4, -0.2) is 37.2 Å². The molecule has 1 heterocycles. The summed E-state index contributed by atoms with van der Waals surface area (Å²) in [5, 5.41) is 0. The Hall–Kier alpha value is -0.900. The lowest BCUT2D eigenvalue weighted by atomic mass is 9.97. The van der Waals surface area contributed by atoms with E-state index < -0.39 is 0 Å². The van der Waals surface area contributed by atoms with Crippen molar-refractivity contribution in [3.63, 3.8) is 0 Å². The summed E-state index contributed by atoms with van der Waals surface area (Å²) in [5.41, 5.74) is 8.98. The third-order valence-electron chi connectivity index (χ3n) is 3.90. The minimum atomic E-state index is -0.0221. The molecule has 1 aliphatic heterocycles. The van der Waals surface area contributed by atoms with Crippen molar-refractivity contribution in [2.75, 3.05) is 26.2 Å². The van der Waals surface area contributed by atoms with Gasteiger partial charge in [-0.15, -0.1) is 0 Å². The number of ether oxygens (including phenoxy) is 1. The average molecular weight is 262 g/mol. The molecule has 0 bridgehead atoms. The Morgan fingerprint density at radius 3 is 3.00 bits per heavy atom. The molecule has 1 aromatic rings. The number of nitrogens with two attached hydrogens (primary N) is 1. The van der Waals surface area contributed by atoms with Crippen molar-refractivity contribution in [1.82, 2.24) is 4.90 Å². The molecule has 0 spiro atoms. The maximum absolute atomic E-state index is 6.40. The lowest BCUT2D eigenvalue weighted by molar-refractivity contribution is -0.0392. The fraction of sp³-hybridized carbons (Fsp3) is 0.625. The topological polar surface area (TPSA) is 38.5 Å². The zero-order valence-electron chi connectivity index (χ0n) is 12.1. The number of likely N-dealkylation sites (N-methyl/N-ethyl adjacent to an activating group) is 1. The van der Waals surface area contributed by atoms with Gasteiger partial charge in [-0.1, -0.05) is 44.5 Å². The summed E-state index contributed by atoms with van der Waals surface area (Å²) in [7, 11) is 0. The largest absolute Gasteiger partial charge is 0.374 e. The minimum absolute atomic E-state index is 0.0221. The van der Waals surface area contributed by atoms with Crippen molar-refractivity contribution in [3.05, 3.63) is 35.4 Å². The molecule has 2 atom stereocenters. The van der Waals surface area contributed by atoms with E-state index in [4.69, 9.17) is 10.5 Å². The summed E-state index contributed by atoms with van der Waals surface area (Å²) in [5.74, 6) is 0. The molecule has 0 aromatic heterocycles. The number of aryl methyl sites for hydroxylation is 1. The van der Waals surface area contributed by atoms with Crippen LogP contribution in [0.25, 0.3) is 0 Å². The molecule has 1 fully saturated rings. The monoisotopic (exact) mass is 262 g/mol. The van der Waals surface area contributed by atoms with Gasteiger partial charge in [-0.25, -0.2) is 0 Å². The summed E-state index contributed by atoms with van der Waals surface area (Å²) < 4.78 is 5.86. The van der Waals surface area contributed by atoms with Crippen LogP contribution in [-0.2, 0) is 11.2 Å². The Bertz CT molecular complexity index is 394. The highest BCUT2D eigenvalue weighted by Crippen LogP contribution is 2.21. The van der Waals surface area contributed by atoms with Crippen LogP contribution in [0.15, 0.2) is 24.3 Å². The van der Waals surface area contributed by atoms with Gasteiger partial charge < -0.3 is 10.5 Å². The molecule has 19 heavy (non-hydrogen) atoms. The van der Waals surface area contributed by atoms with Crippen LogP contribution in [0.5, 0.6) is 0 Å². The van der Waals surface area contributed by atoms with Crippen LogP contribution in [0.2, 0.25) is 0 Å². The number of morpholine rings is 1. The van der Waals surface area contributed by atoms with Gasteiger partial charge in [-0.3, -0.25) is 4.90 Å². The second-order valence-corrected chi connectivity index (χ2v) is 5.32. The molecule has 0 radical (unpaired) electrons. The fourth-order valence-corrected chi connectivity index (χ4v) is 2.70. The van der Waals surface area contributed by atoms with Gasteiger partial charge in [0.05, 0.1) is 18.8 Å². The number of benzene rings is 1. The van der Waals surface area contributed by atoms with E-state index in [1.807, 2.05) is 0 Å². The van der Waals surface area contributed by atoms with Crippen molar-refractivity contribution in [3.8, 4) is 0 Å². The maximum atomic E-state index is 6.40. The lowest BCUT2D eigenvalue weighted by Crippen LogP contribution is -2.46. The fourth-order valence-electron chi connectivity index (χ4n) is 2.70. The lowest BCUT2D eigenvalue weighted by Gasteiger charge is -2.35. The molecule has 1 aromatic carbocycles. The van der Waals surface area contributed by atoms with E-state index in [0.29, 0.717) is 0 Å². The van der Waals surface area contributed by atoms with Gasteiger partial charge in [0.25, 0.3) is 0 Å². The molecule has 1 saturated heterocycles. The molecular formula is C16H26N2O. The molecule has 0 aliphatic carbocycles. The van der Waals surface area contributed by atoms with E-state index in [2.05, 4.69) is 43.0 Å². The van der Waals surface area contributed by atoms with Crippen LogP contribution in [0, 0.1) is 0 Å². The minimum Gasteiger partial charge on any atom is -0.374 e. The van der Waals surface area contributed by atoms with Crippen LogP contribution in [0.4, 0.5) is 0 Å². The average Bonchev–Trinajstić information content (AvgIpc) is 2.47. The molecule has 0 saturated carbocycles. The van der Waals surface area contributed by atoms with Crippen LogP contribution < -0.4 is 5.73 Å². The Morgan fingerprint density at radius 1 is 1.42 bits per heavy atom. The zero-order chi connectivity index (χ0) is 13.7. The highest BCUT2D eigenvalue weighted by atomic mass is 16.5. The van der Waals surface area contributed by atoms with Crippen LogP contribution in [0.3, 0.4) is 0 Å². The summed E-state index contributed by atoms with van der Waals surface area (Å²) in [6.07, 6.45) is 2.40.